The number of rotatable bonds is 5. The molecule has 0 saturated carbocycles. The van der Waals surface area contributed by atoms with Gasteiger partial charge in [0.1, 0.15) is 11.8 Å². The van der Waals surface area contributed by atoms with Crippen LogP contribution >= 0.6 is 15.9 Å². The van der Waals surface area contributed by atoms with Gasteiger partial charge in [-0.05, 0) is 43.2 Å². The minimum atomic E-state index is 0.183. The van der Waals surface area contributed by atoms with E-state index in [1.54, 1.807) is 7.11 Å². The van der Waals surface area contributed by atoms with E-state index in [9.17, 15) is 0 Å². The van der Waals surface area contributed by atoms with Crippen LogP contribution in [0.4, 0.5) is 5.69 Å². The third-order valence-electron chi connectivity index (χ3n) is 3.22. The molecule has 0 fully saturated rings. The number of benzene rings is 2. The summed E-state index contributed by atoms with van der Waals surface area (Å²) < 4.78 is 6.33. The van der Waals surface area contributed by atoms with Crippen molar-refractivity contribution in [1.29, 1.82) is 5.26 Å². The van der Waals surface area contributed by atoms with E-state index in [0.717, 1.165) is 27.9 Å². The molecule has 0 aliphatic rings. The zero-order valence-corrected chi connectivity index (χ0v) is 13.6. The fourth-order valence-electron chi connectivity index (χ4n) is 2.25. The topological polar surface area (TPSA) is 45.0 Å². The number of nitrogens with one attached hydrogen (secondary N) is 1. The molecule has 0 amide bonds. The first-order valence-electron chi connectivity index (χ1n) is 6.72. The van der Waals surface area contributed by atoms with Crippen molar-refractivity contribution in [3.05, 3.63) is 58.1 Å². The summed E-state index contributed by atoms with van der Waals surface area (Å²) in [5.74, 6) is 0.890. The highest BCUT2D eigenvalue weighted by atomic mass is 79.9. The maximum atomic E-state index is 9.17. The Bertz CT molecular complexity index is 664. The standard InChI is InChI=1S/C17H17BrN2O/c1-12(9-13-5-3-4-6-17(13)21-2)20-16-10-15(18)8-7-14(16)11-19/h3-8,10,12,20H,9H2,1-2H3. The SMILES string of the molecule is COc1ccccc1CC(C)Nc1cc(Br)ccc1C#N. The lowest BCUT2D eigenvalue weighted by atomic mass is 10.1. The largest absolute Gasteiger partial charge is 0.496 e. The van der Waals surface area contributed by atoms with E-state index in [2.05, 4.69) is 40.3 Å². The third-order valence-corrected chi connectivity index (χ3v) is 3.72. The van der Waals surface area contributed by atoms with Crippen molar-refractivity contribution < 1.29 is 4.74 Å². The lowest BCUT2D eigenvalue weighted by Gasteiger charge is -2.18. The van der Waals surface area contributed by atoms with Crippen LogP contribution < -0.4 is 10.1 Å². The second-order valence-electron chi connectivity index (χ2n) is 4.86. The molecule has 4 heteroatoms. The summed E-state index contributed by atoms with van der Waals surface area (Å²) in [6, 6.07) is 16.0. The van der Waals surface area contributed by atoms with Gasteiger partial charge in [-0.1, -0.05) is 34.1 Å². The van der Waals surface area contributed by atoms with Crippen molar-refractivity contribution in [2.45, 2.75) is 19.4 Å². The first-order valence-corrected chi connectivity index (χ1v) is 7.51. The molecule has 0 bridgehead atoms. The summed E-state index contributed by atoms with van der Waals surface area (Å²) in [6.45, 7) is 2.09. The van der Waals surface area contributed by atoms with Crippen molar-refractivity contribution in [2.75, 3.05) is 12.4 Å². The van der Waals surface area contributed by atoms with Crippen LogP contribution in [0.5, 0.6) is 5.75 Å². The predicted molar refractivity (Wildman–Crippen MR) is 88.6 cm³/mol. The zero-order valence-electron chi connectivity index (χ0n) is 12.1. The Morgan fingerprint density at radius 3 is 2.76 bits per heavy atom. The number of anilines is 1. The summed E-state index contributed by atoms with van der Waals surface area (Å²) in [7, 11) is 1.68. The van der Waals surface area contributed by atoms with Gasteiger partial charge in [-0.3, -0.25) is 0 Å². The summed E-state index contributed by atoms with van der Waals surface area (Å²) in [6.07, 6.45) is 0.821. The number of methoxy groups -OCH3 is 1. The molecule has 1 N–H and O–H groups in total. The van der Waals surface area contributed by atoms with Crippen LogP contribution in [0.2, 0.25) is 0 Å². The van der Waals surface area contributed by atoms with E-state index >= 15 is 0 Å². The van der Waals surface area contributed by atoms with Crippen LogP contribution in [-0.4, -0.2) is 13.2 Å². The zero-order chi connectivity index (χ0) is 15.2. The Labute approximate surface area is 133 Å². The first kappa shape index (κ1) is 15.4. The molecule has 0 spiro atoms. The molecule has 3 nitrogen and oxygen atoms in total. The smallest absolute Gasteiger partial charge is 0.122 e. The molecular weight excluding hydrogens is 328 g/mol. The monoisotopic (exact) mass is 344 g/mol. The van der Waals surface area contributed by atoms with Crippen LogP contribution in [-0.2, 0) is 6.42 Å². The summed E-state index contributed by atoms with van der Waals surface area (Å²) >= 11 is 3.44. The number of nitriles is 1. The molecule has 0 aliphatic heterocycles. The van der Waals surface area contributed by atoms with E-state index in [0.29, 0.717) is 5.56 Å². The molecule has 2 rings (SSSR count). The molecule has 0 aliphatic carbocycles. The van der Waals surface area contributed by atoms with E-state index < -0.39 is 0 Å². The van der Waals surface area contributed by atoms with Crippen LogP contribution in [0, 0.1) is 11.3 Å². The molecule has 1 atom stereocenters. The van der Waals surface area contributed by atoms with Crippen LogP contribution in [0.25, 0.3) is 0 Å². The summed E-state index contributed by atoms with van der Waals surface area (Å²) in [5.41, 5.74) is 2.63. The third kappa shape index (κ3) is 3.99. The Morgan fingerprint density at radius 1 is 1.29 bits per heavy atom. The number of halogens is 1. The average molecular weight is 345 g/mol. The highest BCUT2D eigenvalue weighted by Gasteiger charge is 2.10. The number of hydrogen-bond acceptors (Lipinski definition) is 3. The average Bonchev–Trinajstić information content (AvgIpc) is 2.48. The Morgan fingerprint density at radius 2 is 2.05 bits per heavy atom. The van der Waals surface area contributed by atoms with Crippen molar-refractivity contribution in [1.82, 2.24) is 0 Å². The van der Waals surface area contributed by atoms with Crippen LogP contribution in [0.15, 0.2) is 46.9 Å². The lowest BCUT2D eigenvalue weighted by Crippen LogP contribution is -2.19. The molecule has 0 heterocycles. The van der Waals surface area contributed by atoms with E-state index in [1.807, 2.05) is 36.4 Å². The molecule has 108 valence electrons. The molecular formula is C17H17BrN2O. The maximum Gasteiger partial charge on any atom is 0.122 e. The van der Waals surface area contributed by atoms with Gasteiger partial charge < -0.3 is 10.1 Å². The van der Waals surface area contributed by atoms with Gasteiger partial charge in [-0.2, -0.15) is 5.26 Å². The van der Waals surface area contributed by atoms with Crippen LogP contribution in [0.3, 0.4) is 0 Å². The molecule has 0 aromatic heterocycles. The van der Waals surface area contributed by atoms with E-state index in [1.165, 1.54) is 0 Å². The second kappa shape index (κ2) is 7.14. The minimum Gasteiger partial charge on any atom is -0.496 e. The van der Waals surface area contributed by atoms with Gasteiger partial charge in [0.2, 0.25) is 0 Å². The Hall–Kier alpha value is -1.99. The molecule has 0 radical (unpaired) electrons. The first-order chi connectivity index (χ1) is 10.1. The summed E-state index contributed by atoms with van der Waals surface area (Å²) in [4.78, 5) is 0. The van der Waals surface area contributed by atoms with Gasteiger partial charge >= 0.3 is 0 Å². The van der Waals surface area contributed by atoms with Crippen molar-refractivity contribution in [3.8, 4) is 11.8 Å². The van der Waals surface area contributed by atoms with E-state index in [4.69, 9.17) is 10.00 Å². The predicted octanol–water partition coefficient (Wildman–Crippen LogP) is 4.37. The van der Waals surface area contributed by atoms with Gasteiger partial charge in [0.05, 0.1) is 18.4 Å². The Balaban J connectivity index is 2.14. The Kier molecular flexibility index (Phi) is 5.24. The fraction of sp³-hybridized carbons (Fsp3) is 0.235. The molecule has 2 aromatic rings. The summed E-state index contributed by atoms with van der Waals surface area (Å²) in [5, 5.41) is 12.6. The lowest BCUT2D eigenvalue weighted by molar-refractivity contribution is 0.409. The van der Waals surface area contributed by atoms with Gasteiger partial charge in [-0.25, -0.2) is 0 Å². The van der Waals surface area contributed by atoms with Gasteiger partial charge in [-0.15, -0.1) is 0 Å². The molecule has 21 heavy (non-hydrogen) atoms. The number of nitrogens with zero attached hydrogens (tertiary/aromatic N) is 1. The quantitative estimate of drug-likeness (QED) is 0.875. The molecule has 0 saturated heterocycles. The molecule has 2 aromatic carbocycles. The van der Waals surface area contributed by atoms with Crippen molar-refractivity contribution in [3.63, 3.8) is 0 Å². The van der Waals surface area contributed by atoms with Crippen LogP contribution in [0.1, 0.15) is 18.1 Å². The van der Waals surface area contributed by atoms with Gasteiger partial charge in [0, 0.05) is 10.5 Å². The highest BCUT2D eigenvalue weighted by Crippen LogP contribution is 2.24. The van der Waals surface area contributed by atoms with Gasteiger partial charge in [0.25, 0.3) is 0 Å². The van der Waals surface area contributed by atoms with Crippen molar-refractivity contribution >= 4 is 21.6 Å². The van der Waals surface area contributed by atoms with E-state index in [-0.39, 0.29) is 6.04 Å². The van der Waals surface area contributed by atoms with Crippen molar-refractivity contribution in [2.24, 2.45) is 0 Å². The number of hydrogen-bond donors (Lipinski definition) is 1. The molecule has 1 unspecified atom stereocenters. The number of ether oxygens (including phenoxy) is 1. The van der Waals surface area contributed by atoms with Gasteiger partial charge in [0.15, 0.2) is 0 Å². The number of para-hydroxylation sites is 1. The highest BCUT2D eigenvalue weighted by molar-refractivity contribution is 9.10. The normalized spacial score (nSPS) is 11.5. The maximum absolute atomic E-state index is 9.17. The fourth-order valence-corrected chi connectivity index (χ4v) is 2.61. The minimum absolute atomic E-state index is 0.183. The second-order valence-corrected chi connectivity index (χ2v) is 5.78.